The van der Waals surface area contributed by atoms with E-state index >= 15 is 0 Å². The van der Waals surface area contributed by atoms with E-state index < -0.39 is 17.8 Å². The fourth-order valence-electron chi connectivity index (χ4n) is 2.60. The van der Waals surface area contributed by atoms with Gasteiger partial charge < -0.3 is 15.0 Å². The third-order valence-electron chi connectivity index (χ3n) is 4.33. The van der Waals surface area contributed by atoms with E-state index in [-0.39, 0.29) is 25.0 Å². The van der Waals surface area contributed by atoms with Crippen LogP contribution in [0, 0.1) is 11.7 Å². The van der Waals surface area contributed by atoms with Gasteiger partial charge in [-0.05, 0) is 43.2 Å². The zero-order valence-electron chi connectivity index (χ0n) is 16.8. The van der Waals surface area contributed by atoms with E-state index in [4.69, 9.17) is 4.74 Å². The molecule has 2 aromatic rings. The lowest BCUT2D eigenvalue weighted by Gasteiger charge is -2.29. The van der Waals surface area contributed by atoms with Gasteiger partial charge in [-0.25, -0.2) is 4.39 Å². The number of ether oxygens (including phenoxy) is 1. The minimum atomic E-state index is -0.769. The molecule has 0 saturated carbocycles. The van der Waals surface area contributed by atoms with Gasteiger partial charge in [0.2, 0.25) is 5.91 Å². The summed E-state index contributed by atoms with van der Waals surface area (Å²) >= 11 is 3.34. The third-order valence-corrected chi connectivity index (χ3v) is 4.85. The number of carbonyl (C=O) groups is 2. The van der Waals surface area contributed by atoms with Crippen molar-refractivity contribution in [2.45, 2.75) is 33.4 Å². The number of rotatable bonds is 9. The molecule has 2 rings (SSSR count). The minimum absolute atomic E-state index is 0.0224. The van der Waals surface area contributed by atoms with E-state index in [0.717, 1.165) is 4.47 Å². The van der Waals surface area contributed by atoms with Crippen LogP contribution in [0.4, 0.5) is 4.39 Å². The summed E-state index contributed by atoms with van der Waals surface area (Å²) in [5.41, 5.74) is 0.341. The summed E-state index contributed by atoms with van der Waals surface area (Å²) in [6.45, 7) is 5.83. The SMILES string of the molecule is CC(C)CNC(=O)[C@@H](C)N(Cc1ccccc1F)C(=O)COc1ccc(Br)cc1. The molecule has 0 heterocycles. The van der Waals surface area contributed by atoms with Gasteiger partial charge in [0.25, 0.3) is 5.91 Å². The summed E-state index contributed by atoms with van der Waals surface area (Å²) in [6, 6.07) is 12.5. The fourth-order valence-corrected chi connectivity index (χ4v) is 2.87. The molecule has 0 aliphatic carbocycles. The van der Waals surface area contributed by atoms with Crippen LogP contribution in [-0.2, 0) is 16.1 Å². The van der Waals surface area contributed by atoms with E-state index in [1.807, 2.05) is 13.8 Å². The Bertz CT molecular complexity index is 827. The number of nitrogens with zero attached hydrogens (tertiary/aromatic N) is 1. The highest BCUT2D eigenvalue weighted by atomic mass is 79.9. The lowest BCUT2D eigenvalue weighted by Crippen LogP contribution is -2.49. The van der Waals surface area contributed by atoms with Crippen LogP contribution in [0.3, 0.4) is 0 Å². The van der Waals surface area contributed by atoms with Crippen molar-refractivity contribution >= 4 is 27.7 Å². The van der Waals surface area contributed by atoms with E-state index in [2.05, 4.69) is 21.2 Å². The number of carbonyl (C=O) groups excluding carboxylic acids is 2. The second-order valence-electron chi connectivity index (χ2n) is 7.17. The molecule has 5 nitrogen and oxygen atoms in total. The number of amides is 2. The molecule has 29 heavy (non-hydrogen) atoms. The molecule has 0 spiro atoms. The maximum Gasteiger partial charge on any atom is 0.261 e. The van der Waals surface area contributed by atoms with Crippen molar-refractivity contribution in [1.82, 2.24) is 10.2 Å². The van der Waals surface area contributed by atoms with Gasteiger partial charge in [-0.1, -0.05) is 48.0 Å². The molecule has 7 heteroatoms. The molecule has 0 bridgehead atoms. The fraction of sp³-hybridized carbons (Fsp3) is 0.364. The second kappa shape index (κ2) is 11.0. The van der Waals surface area contributed by atoms with Crippen LogP contribution < -0.4 is 10.1 Å². The van der Waals surface area contributed by atoms with Gasteiger partial charge in [0.1, 0.15) is 17.6 Å². The van der Waals surface area contributed by atoms with Crippen LogP contribution in [0.15, 0.2) is 53.0 Å². The van der Waals surface area contributed by atoms with Crippen LogP contribution >= 0.6 is 15.9 Å². The first-order valence-corrected chi connectivity index (χ1v) is 10.3. The minimum Gasteiger partial charge on any atom is -0.484 e. The van der Waals surface area contributed by atoms with Gasteiger partial charge in [0.15, 0.2) is 6.61 Å². The first-order chi connectivity index (χ1) is 13.8. The predicted molar refractivity (Wildman–Crippen MR) is 114 cm³/mol. The molecule has 156 valence electrons. The highest BCUT2D eigenvalue weighted by molar-refractivity contribution is 9.10. The smallest absolute Gasteiger partial charge is 0.261 e. The van der Waals surface area contributed by atoms with Gasteiger partial charge in [-0.2, -0.15) is 0 Å². The van der Waals surface area contributed by atoms with Crippen LogP contribution in [0.25, 0.3) is 0 Å². The van der Waals surface area contributed by atoms with Crippen molar-refractivity contribution in [3.8, 4) is 5.75 Å². The van der Waals surface area contributed by atoms with Crippen molar-refractivity contribution in [1.29, 1.82) is 0 Å². The Morgan fingerprint density at radius 3 is 2.38 bits per heavy atom. The molecule has 0 aliphatic heterocycles. The predicted octanol–water partition coefficient (Wildman–Crippen LogP) is 4.16. The number of halogens is 2. The molecule has 0 radical (unpaired) electrons. The maximum atomic E-state index is 14.1. The molecular weight excluding hydrogens is 439 g/mol. The van der Waals surface area contributed by atoms with Crippen molar-refractivity contribution in [2.75, 3.05) is 13.2 Å². The van der Waals surface area contributed by atoms with Crippen molar-refractivity contribution in [2.24, 2.45) is 5.92 Å². The number of benzene rings is 2. The first-order valence-electron chi connectivity index (χ1n) is 9.47. The average molecular weight is 465 g/mol. The van der Waals surface area contributed by atoms with Gasteiger partial charge in [0, 0.05) is 23.1 Å². The third kappa shape index (κ3) is 7.16. The summed E-state index contributed by atoms with van der Waals surface area (Å²) in [4.78, 5) is 26.7. The van der Waals surface area contributed by atoms with E-state index in [1.54, 1.807) is 49.4 Å². The van der Waals surface area contributed by atoms with Crippen molar-refractivity contribution in [3.05, 3.63) is 64.4 Å². The molecule has 2 aromatic carbocycles. The normalized spacial score (nSPS) is 11.8. The Hall–Kier alpha value is -2.41. The quantitative estimate of drug-likeness (QED) is 0.605. The highest BCUT2D eigenvalue weighted by Gasteiger charge is 2.27. The number of nitrogens with one attached hydrogen (secondary N) is 1. The Morgan fingerprint density at radius 2 is 1.76 bits per heavy atom. The lowest BCUT2D eigenvalue weighted by molar-refractivity contribution is -0.142. The molecule has 0 unspecified atom stereocenters. The summed E-state index contributed by atoms with van der Waals surface area (Å²) in [5, 5.41) is 2.83. The largest absolute Gasteiger partial charge is 0.484 e. The Balaban J connectivity index is 2.13. The summed E-state index contributed by atoms with van der Waals surface area (Å²) < 4.78 is 20.6. The van der Waals surface area contributed by atoms with Crippen molar-refractivity contribution in [3.63, 3.8) is 0 Å². The standard InChI is InChI=1S/C22H26BrFN2O3/c1-15(2)12-25-22(28)16(3)26(13-17-6-4-5-7-20(17)24)21(27)14-29-19-10-8-18(23)9-11-19/h4-11,15-16H,12-14H2,1-3H3,(H,25,28)/t16-/m1/s1. The molecule has 2 amide bonds. The topological polar surface area (TPSA) is 58.6 Å². The van der Waals surface area contributed by atoms with Crippen LogP contribution in [0.5, 0.6) is 5.75 Å². The van der Waals surface area contributed by atoms with Crippen molar-refractivity contribution < 1.29 is 18.7 Å². The van der Waals surface area contributed by atoms with Gasteiger partial charge >= 0.3 is 0 Å². The maximum absolute atomic E-state index is 14.1. The van der Waals surface area contributed by atoms with Gasteiger partial charge in [-0.15, -0.1) is 0 Å². The second-order valence-corrected chi connectivity index (χ2v) is 8.09. The Morgan fingerprint density at radius 1 is 1.10 bits per heavy atom. The van der Waals surface area contributed by atoms with Gasteiger partial charge in [0.05, 0.1) is 0 Å². The van der Waals surface area contributed by atoms with E-state index in [9.17, 15) is 14.0 Å². The molecule has 0 aliphatic rings. The number of hydrogen-bond acceptors (Lipinski definition) is 3. The number of hydrogen-bond donors (Lipinski definition) is 1. The summed E-state index contributed by atoms with van der Waals surface area (Å²) in [6.07, 6.45) is 0. The molecule has 1 atom stereocenters. The van der Waals surface area contributed by atoms with E-state index in [0.29, 0.717) is 17.9 Å². The molecule has 0 saturated heterocycles. The highest BCUT2D eigenvalue weighted by Crippen LogP contribution is 2.17. The van der Waals surface area contributed by atoms with Crippen LogP contribution in [-0.4, -0.2) is 35.9 Å². The van der Waals surface area contributed by atoms with E-state index in [1.165, 1.54) is 11.0 Å². The summed E-state index contributed by atoms with van der Waals surface area (Å²) in [7, 11) is 0. The lowest BCUT2D eigenvalue weighted by atomic mass is 10.1. The van der Waals surface area contributed by atoms with Crippen LogP contribution in [0.1, 0.15) is 26.3 Å². The zero-order valence-corrected chi connectivity index (χ0v) is 18.4. The monoisotopic (exact) mass is 464 g/mol. The Labute approximate surface area is 179 Å². The summed E-state index contributed by atoms with van der Waals surface area (Å²) in [5.74, 6) is -0.295. The zero-order chi connectivity index (χ0) is 21.4. The Kier molecular flexibility index (Phi) is 8.64. The molecule has 0 aromatic heterocycles. The van der Waals surface area contributed by atoms with Crippen LogP contribution in [0.2, 0.25) is 0 Å². The average Bonchev–Trinajstić information content (AvgIpc) is 2.70. The van der Waals surface area contributed by atoms with Gasteiger partial charge in [-0.3, -0.25) is 9.59 Å². The first kappa shape index (κ1) is 22.9. The molecule has 0 fully saturated rings. The molecular formula is C22H26BrFN2O3. The molecule has 1 N–H and O–H groups in total.